The van der Waals surface area contributed by atoms with Gasteiger partial charge in [0.1, 0.15) is 17.5 Å². The van der Waals surface area contributed by atoms with Gasteiger partial charge >= 0.3 is 12.1 Å². The Morgan fingerprint density at radius 2 is 1.77 bits per heavy atom. The van der Waals surface area contributed by atoms with Crippen molar-refractivity contribution in [2.45, 2.75) is 65.3 Å². The molecule has 2 aliphatic heterocycles. The Hall–Kier alpha value is -2.66. The van der Waals surface area contributed by atoms with E-state index in [4.69, 9.17) is 4.74 Å². The summed E-state index contributed by atoms with van der Waals surface area (Å²) in [6.45, 7) is 12.0. The fraction of sp³-hybridized carbons (Fsp3) is 0.700. The predicted molar refractivity (Wildman–Crippen MR) is 111 cm³/mol. The Labute approximate surface area is 181 Å². The van der Waals surface area contributed by atoms with Crippen molar-refractivity contribution in [3.63, 3.8) is 0 Å². The van der Waals surface area contributed by atoms with Gasteiger partial charge in [-0.1, -0.05) is 0 Å². The van der Waals surface area contributed by atoms with Gasteiger partial charge < -0.3 is 20.1 Å². The number of hydrogen-bond donors (Lipinski definition) is 2. The summed E-state index contributed by atoms with van der Waals surface area (Å²) >= 11 is 0. The zero-order valence-corrected chi connectivity index (χ0v) is 19.0. The number of carbonyl (C=O) groups excluding carboxylic acids is 3. The number of hydrazine groups is 1. The van der Waals surface area contributed by atoms with Crippen molar-refractivity contribution in [2.24, 2.45) is 0 Å². The summed E-state index contributed by atoms with van der Waals surface area (Å²) in [6, 6.07) is -1.30. The first-order valence-corrected chi connectivity index (χ1v) is 10.4. The highest BCUT2D eigenvalue weighted by atomic mass is 16.6. The number of hydrogen-bond acceptors (Lipinski definition) is 7. The number of aromatic nitrogens is 2. The number of nitrogens with one attached hydrogen (secondary N) is 1. The summed E-state index contributed by atoms with van der Waals surface area (Å²) in [5, 5.41) is 16.6. The van der Waals surface area contributed by atoms with E-state index in [2.05, 4.69) is 10.3 Å². The molecule has 172 valence electrons. The molecule has 31 heavy (non-hydrogen) atoms. The lowest BCUT2D eigenvalue weighted by Gasteiger charge is -2.41. The summed E-state index contributed by atoms with van der Waals surface area (Å²) in [4.78, 5) is 43.8. The minimum Gasteiger partial charge on any atom is -0.444 e. The highest BCUT2D eigenvalue weighted by molar-refractivity contribution is 5.87. The summed E-state index contributed by atoms with van der Waals surface area (Å²) in [5.74, 6) is 0.259. The lowest BCUT2D eigenvalue weighted by atomic mass is 9.97. The summed E-state index contributed by atoms with van der Waals surface area (Å²) in [5.41, 5.74) is -1.37. The van der Waals surface area contributed by atoms with E-state index < -0.39 is 29.2 Å². The molecule has 0 aromatic carbocycles. The van der Waals surface area contributed by atoms with Gasteiger partial charge in [0.25, 0.3) is 0 Å². The van der Waals surface area contributed by atoms with Crippen LogP contribution in [-0.4, -0.2) is 91.0 Å². The highest BCUT2D eigenvalue weighted by Gasteiger charge is 2.41. The molecule has 1 saturated heterocycles. The summed E-state index contributed by atoms with van der Waals surface area (Å²) in [7, 11) is 0. The molecule has 3 amide bonds. The second kappa shape index (κ2) is 8.12. The van der Waals surface area contributed by atoms with Crippen LogP contribution in [0.4, 0.5) is 9.59 Å². The van der Waals surface area contributed by atoms with Crippen molar-refractivity contribution in [3.05, 3.63) is 17.7 Å². The molecule has 3 heterocycles. The Morgan fingerprint density at radius 3 is 2.29 bits per heavy atom. The molecular weight excluding hydrogens is 404 g/mol. The van der Waals surface area contributed by atoms with Crippen LogP contribution in [0.3, 0.4) is 0 Å². The minimum atomic E-state index is -1.48. The van der Waals surface area contributed by atoms with Crippen LogP contribution in [-0.2, 0) is 16.1 Å². The number of piperazine rings is 1. The van der Waals surface area contributed by atoms with Gasteiger partial charge in [0.15, 0.2) is 0 Å². The van der Waals surface area contributed by atoms with E-state index in [0.717, 1.165) is 5.69 Å². The van der Waals surface area contributed by atoms with Crippen molar-refractivity contribution >= 4 is 18.0 Å². The predicted octanol–water partition coefficient (Wildman–Crippen LogP) is 0.699. The molecular formula is C20H32N6O5. The topological polar surface area (TPSA) is 120 Å². The van der Waals surface area contributed by atoms with Gasteiger partial charge in [-0.25, -0.2) is 24.1 Å². The number of aryl methyl sites for hydroxylation is 1. The van der Waals surface area contributed by atoms with Crippen molar-refractivity contribution < 1.29 is 24.2 Å². The van der Waals surface area contributed by atoms with Crippen LogP contribution in [0.2, 0.25) is 0 Å². The first-order chi connectivity index (χ1) is 14.3. The maximum absolute atomic E-state index is 13.1. The second-order valence-electron chi connectivity index (χ2n) is 9.48. The molecule has 1 atom stereocenters. The molecule has 0 bridgehead atoms. The normalized spacial score (nSPS) is 18.7. The van der Waals surface area contributed by atoms with E-state index in [-0.39, 0.29) is 6.03 Å². The van der Waals surface area contributed by atoms with Crippen LogP contribution in [0, 0.1) is 6.92 Å². The number of rotatable bonds is 4. The van der Waals surface area contributed by atoms with Crippen LogP contribution < -0.4 is 5.32 Å². The average Bonchev–Trinajstić information content (AvgIpc) is 3.17. The zero-order chi connectivity index (χ0) is 23.1. The van der Waals surface area contributed by atoms with Crippen molar-refractivity contribution in [2.75, 3.05) is 26.2 Å². The number of aliphatic hydroxyl groups is 1. The standard InChI is InChI=1S/C20H32N6O5/c1-13-21-11-14-12-25(18(29)26(13)14)24-9-7-23(8-10-24)16(27)15(20(5,6)30)22-17(28)31-19(2,3)4/h11,15,30H,7-10,12H2,1-6H3,(H,22,28). The molecule has 11 nitrogen and oxygen atoms in total. The fourth-order valence-electron chi connectivity index (χ4n) is 3.73. The van der Waals surface area contributed by atoms with Gasteiger partial charge in [0, 0.05) is 26.2 Å². The molecule has 1 fully saturated rings. The maximum atomic E-state index is 13.1. The number of alkyl carbamates (subject to hydrolysis) is 1. The number of carbonyl (C=O) groups is 3. The molecule has 1 aromatic heterocycles. The Kier molecular flexibility index (Phi) is 6.03. The number of ether oxygens (including phenoxy) is 1. The quantitative estimate of drug-likeness (QED) is 0.713. The van der Waals surface area contributed by atoms with E-state index in [0.29, 0.717) is 38.5 Å². The molecule has 2 aliphatic rings. The van der Waals surface area contributed by atoms with Gasteiger partial charge in [-0.15, -0.1) is 0 Å². The number of amides is 3. The number of nitrogens with zero attached hydrogens (tertiary/aromatic N) is 5. The second-order valence-corrected chi connectivity index (χ2v) is 9.48. The molecule has 0 aliphatic carbocycles. The molecule has 11 heteroatoms. The van der Waals surface area contributed by atoms with Gasteiger partial charge in [0.05, 0.1) is 24.0 Å². The van der Waals surface area contributed by atoms with Crippen LogP contribution in [0.5, 0.6) is 0 Å². The van der Waals surface area contributed by atoms with E-state index >= 15 is 0 Å². The van der Waals surface area contributed by atoms with Crippen molar-refractivity contribution in [3.8, 4) is 0 Å². The highest BCUT2D eigenvalue weighted by Crippen LogP contribution is 2.22. The Morgan fingerprint density at radius 1 is 1.16 bits per heavy atom. The number of fused-ring (bicyclic) bond motifs is 1. The SMILES string of the molecule is Cc1ncc2n1C(=O)N(N1CCN(C(=O)C(NC(=O)OC(C)(C)C)C(C)(C)O)CC1)C2. The maximum Gasteiger partial charge on any atom is 0.408 e. The monoisotopic (exact) mass is 436 g/mol. The van der Waals surface area contributed by atoms with Crippen LogP contribution in [0.15, 0.2) is 6.20 Å². The van der Waals surface area contributed by atoms with Gasteiger partial charge in [0.2, 0.25) is 5.91 Å². The molecule has 1 unspecified atom stereocenters. The average molecular weight is 437 g/mol. The third kappa shape index (κ3) is 4.99. The first-order valence-electron chi connectivity index (χ1n) is 10.4. The lowest BCUT2D eigenvalue weighted by Crippen LogP contribution is -2.62. The van der Waals surface area contributed by atoms with Gasteiger partial charge in [-0.2, -0.15) is 0 Å². The van der Waals surface area contributed by atoms with Crippen molar-refractivity contribution in [1.82, 2.24) is 29.8 Å². The van der Waals surface area contributed by atoms with Gasteiger partial charge in [-0.3, -0.25) is 9.80 Å². The van der Waals surface area contributed by atoms with Gasteiger partial charge in [-0.05, 0) is 41.5 Å². The van der Waals surface area contributed by atoms with Crippen molar-refractivity contribution in [1.29, 1.82) is 0 Å². The smallest absolute Gasteiger partial charge is 0.408 e. The fourth-order valence-corrected chi connectivity index (χ4v) is 3.73. The Balaban J connectivity index is 1.61. The largest absolute Gasteiger partial charge is 0.444 e. The molecule has 0 spiro atoms. The molecule has 1 aromatic rings. The van der Waals surface area contributed by atoms with E-state index in [1.54, 1.807) is 48.4 Å². The lowest BCUT2D eigenvalue weighted by molar-refractivity contribution is -0.143. The first kappa shape index (κ1) is 23.0. The van der Waals surface area contributed by atoms with Crippen LogP contribution in [0.1, 0.15) is 46.1 Å². The third-order valence-corrected chi connectivity index (χ3v) is 5.26. The molecule has 2 N–H and O–H groups in total. The van der Waals surface area contributed by atoms with E-state index in [1.165, 1.54) is 13.8 Å². The van der Waals surface area contributed by atoms with Crippen LogP contribution in [0.25, 0.3) is 0 Å². The Bertz CT molecular complexity index is 860. The molecule has 3 rings (SSSR count). The third-order valence-electron chi connectivity index (χ3n) is 5.26. The van der Waals surface area contributed by atoms with Crippen LogP contribution >= 0.6 is 0 Å². The summed E-state index contributed by atoms with van der Waals surface area (Å²) in [6.07, 6.45) is 0.934. The number of imidazole rings is 1. The molecule has 0 radical (unpaired) electrons. The van der Waals surface area contributed by atoms with E-state index in [1.807, 2.05) is 5.01 Å². The summed E-state index contributed by atoms with van der Waals surface area (Å²) < 4.78 is 6.83. The molecule has 0 saturated carbocycles. The minimum absolute atomic E-state index is 0.147. The zero-order valence-electron chi connectivity index (χ0n) is 19.0. The van der Waals surface area contributed by atoms with E-state index in [9.17, 15) is 19.5 Å².